The number of fused-ring (bicyclic) bond motifs is 1. The van der Waals surface area contributed by atoms with Crippen LogP contribution >= 0.6 is 11.8 Å². The summed E-state index contributed by atoms with van der Waals surface area (Å²) in [6.45, 7) is 2.66. The molecule has 1 unspecified atom stereocenters. The van der Waals surface area contributed by atoms with Crippen molar-refractivity contribution < 1.29 is 14.3 Å². The molecule has 1 aromatic heterocycles. The molecule has 6 nitrogen and oxygen atoms in total. The van der Waals surface area contributed by atoms with E-state index in [1.807, 2.05) is 78.6 Å². The summed E-state index contributed by atoms with van der Waals surface area (Å²) in [6, 6.07) is 23.8. The van der Waals surface area contributed by atoms with Gasteiger partial charge < -0.3 is 19.4 Å². The largest absolute Gasteiger partial charge is 0.497 e. The molecule has 0 saturated carbocycles. The summed E-state index contributed by atoms with van der Waals surface area (Å²) in [4.78, 5) is 23.6. The molecule has 1 aliphatic heterocycles. The average Bonchev–Trinajstić information content (AvgIpc) is 3.53. The molecule has 2 heterocycles. The summed E-state index contributed by atoms with van der Waals surface area (Å²) in [7, 11) is 3.30. The van der Waals surface area contributed by atoms with Crippen LogP contribution in [-0.4, -0.2) is 41.9 Å². The maximum atomic E-state index is 13.3. The van der Waals surface area contributed by atoms with Gasteiger partial charge in [0.15, 0.2) is 5.16 Å². The number of rotatable bonds is 7. The Morgan fingerprint density at radius 2 is 1.57 bits per heavy atom. The van der Waals surface area contributed by atoms with Crippen LogP contribution in [0.4, 0.5) is 5.69 Å². The topological polar surface area (TPSA) is 67.5 Å². The van der Waals surface area contributed by atoms with Crippen LogP contribution in [-0.2, 0) is 11.2 Å². The van der Waals surface area contributed by atoms with Crippen LogP contribution in [0.2, 0.25) is 0 Å². The molecular weight excluding hydrogens is 458 g/mol. The van der Waals surface area contributed by atoms with Gasteiger partial charge in [0.1, 0.15) is 11.5 Å². The summed E-state index contributed by atoms with van der Waals surface area (Å²) in [5.74, 6) is 1.67. The standard InChI is InChI=1S/C28H27N3O3S/c1-18(27(32)31-17-16-19-6-4-5-7-24(19)31)35-28-29-25(20-8-12-22(33-2)13-9-20)26(30-28)21-10-14-23(34-3)15-11-21/h4-15,18H,16-17H2,1-3H3,(H,29,30). The molecular formula is C28H27N3O3S. The maximum Gasteiger partial charge on any atom is 0.240 e. The molecule has 35 heavy (non-hydrogen) atoms. The van der Waals surface area contributed by atoms with E-state index in [1.54, 1.807) is 14.2 Å². The molecule has 178 valence electrons. The van der Waals surface area contributed by atoms with Gasteiger partial charge in [-0.2, -0.15) is 0 Å². The van der Waals surface area contributed by atoms with Crippen LogP contribution < -0.4 is 14.4 Å². The summed E-state index contributed by atoms with van der Waals surface area (Å²) in [5.41, 5.74) is 5.91. The number of aromatic amines is 1. The zero-order chi connectivity index (χ0) is 24.4. The summed E-state index contributed by atoms with van der Waals surface area (Å²) in [5, 5.41) is 0.412. The van der Waals surface area contributed by atoms with Gasteiger partial charge in [-0.15, -0.1) is 0 Å². The van der Waals surface area contributed by atoms with Crippen molar-refractivity contribution in [2.45, 2.75) is 23.8 Å². The van der Waals surface area contributed by atoms with Gasteiger partial charge in [-0.1, -0.05) is 30.0 Å². The van der Waals surface area contributed by atoms with Crippen LogP contribution in [0.15, 0.2) is 78.0 Å². The number of carbonyl (C=O) groups is 1. The van der Waals surface area contributed by atoms with E-state index in [0.29, 0.717) is 5.16 Å². The van der Waals surface area contributed by atoms with Gasteiger partial charge >= 0.3 is 0 Å². The van der Waals surface area contributed by atoms with Crippen molar-refractivity contribution in [1.82, 2.24) is 9.97 Å². The first kappa shape index (κ1) is 23.1. The molecule has 0 fully saturated rings. The Morgan fingerprint density at radius 1 is 0.943 bits per heavy atom. The van der Waals surface area contributed by atoms with E-state index in [0.717, 1.165) is 52.7 Å². The second-order valence-electron chi connectivity index (χ2n) is 8.35. The van der Waals surface area contributed by atoms with Gasteiger partial charge in [0.05, 0.1) is 30.9 Å². The minimum Gasteiger partial charge on any atom is -0.497 e. The first-order valence-corrected chi connectivity index (χ1v) is 12.4. The number of ether oxygens (including phenoxy) is 2. The first-order chi connectivity index (χ1) is 17.1. The molecule has 1 atom stereocenters. The van der Waals surface area contributed by atoms with E-state index in [4.69, 9.17) is 14.5 Å². The lowest BCUT2D eigenvalue weighted by molar-refractivity contribution is -0.117. The number of thioether (sulfide) groups is 1. The van der Waals surface area contributed by atoms with E-state index in [1.165, 1.54) is 17.3 Å². The number of benzene rings is 3. The number of H-pyrrole nitrogens is 1. The number of amides is 1. The minimum absolute atomic E-state index is 0.0911. The number of carbonyl (C=O) groups excluding carboxylic acids is 1. The molecule has 7 heteroatoms. The predicted octanol–water partition coefficient (Wildman–Crippen LogP) is 5.83. The van der Waals surface area contributed by atoms with E-state index in [9.17, 15) is 4.79 Å². The molecule has 1 N–H and O–H groups in total. The molecule has 1 aliphatic rings. The van der Waals surface area contributed by atoms with Crippen molar-refractivity contribution in [3.63, 3.8) is 0 Å². The molecule has 0 bridgehead atoms. The van der Waals surface area contributed by atoms with Gasteiger partial charge in [0, 0.05) is 23.4 Å². The quantitative estimate of drug-likeness (QED) is 0.334. The third kappa shape index (κ3) is 4.64. The second kappa shape index (κ2) is 9.88. The number of para-hydroxylation sites is 1. The Kier molecular flexibility index (Phi) is 6.51. The molecule has 3 aromatic carbocycles. The van der Waals surface area contributed by atoms with Gasteiger partial charge in [-0.25, -0.2) is 4.98 Å². The van der Waals surface area contributed by atoms with E-state index >= 15 is 0 Å². The number of methoxy groups -OCH3 is 2. The lowest BCUT2D eigenvalue weighted by Gasteiger charge is -2.20. The Morgan fingerprint density at radius 3 is 2.23 bits per heavy atom. The van der Waals surface area contributed by atoms with Gasteiger partial charge in [0.25, 0.3) is 0 Å². The highest BCUT2D eigenvalue weighted by Crippen LogP contribution is 2.36. The van der Waals surface area contributed by atoms with Crippen LogP contribution in [0.1, 0.15) is 12.5 Å². The number of nitrogens with zero attached hydrogens (tertiary/aromatic N) is 2. The number of anilines is 1. The SMILES string of the molecule is COc1ccc(-c2nc(SC(C)C(=O)N3CCc4ccccc43)[nH]c2-c2ccc(OC)cc2)cc1. The van der Waals surface area contributed by atoms with Crippen molar-refractivity contribution in [2.24, 2.45) is 0 Å². The zero-order valence-electron chi connectivity index (χ0n) is 19.9. The van der Waals surface area contributed by atoms with Crippen LogP contribution in [0.5, 0.6) is 11.5 Å². The fourth-order valence-corrected chi connectivity index (χ4v) is 5.20. The van der Waals surface area contributed by atoms with Crippen LogP contribution in [0.3, 0.4) is 0 Å². The monoisotopic (exact) mass is 485 g/mol. The number of imidazole rings is 1. The summed E-state index contributed by atoms with van der Waals surface area (Å²) < 4.78 is 10.6. The van der Waals surface area contributed by atoms with Gasteiger partial charge in [0.2, 0.25) is 5.91 Å². The summed E-state index contributed by atoms with van der Waals surface area (Å²) >= 11 is 1.45. The molecule has 4 aromatic rings. The van der Waals surface area contributed by atoms with Crippen molar-refractivity contribution in [2.75, 3.05) is 25.7 Å². The van der Waals surface area contributed by atoms with E-state index in [-0.39, 0.29) is 11.2 Å². The maximum absolute atomic E-state index is 13.3. The van der Waals surface area contributed by atoms with Gasteiger partial charge in [-0.3, -0.25) is 4.79 Å². The van der Waals surface area contributed by atoms with E-state index < -0.39 is 0 Å². The molecule has 1 amide bonds. The zero-order valence-corrected chi connectivity index (χ0v) is 20.8. The molecule has 0 aliphatic carbocycles. The molecule has 5 rings (SSSR count). The Bertz CT molecular complexity index is 1270. The molecule has 0 saturated heterocycles. The fraction of sp³-hybridized carbons (Fsp3) is 0.214. The normalized spacial score (nSPS) is 13.4. The first-order valence-electron chi connectivity index (χ1n) is 11.5. The Labute approximate surface area is 209 Å². The van der Waals surface area contributed by atoms with Crippen LogP contribution in [0.25, 0.3) is 22.5 Å². The molecule has 0 radical (unpaired) electrons. The summed E-state index contributed by atoms with van der Waals surface area (Å²) in [6.07, 6.45) is 0.892. The minimum atomic E-state index is -0.292. The Balaban J connectivity index is 1.44. The van der Waals surface area contributed by atoms with Gasteiger partial charge in [-0.05, 0) is 73.5 Å². The highest BCUT2D eigenvalue weighted by atomic mass is 32.2. The van der Waals surface area contributed by atoms with Crippen LogP contribution in [0, 0.1) is 0 Å². The second-order valence-corrected chi connectivity index (χ2v) is 9.68. The average molecular weight is 486 g/mol. The number of hydrogen-bond acceptors (Lipinski definition) is 5. The highest BCUT2D eigenvalue weighted by molar-refractivity contribution is 8.00. The van der Waals surface area contributed by atoms with Crippen molar-refractivity contribution in [1.29, 1.82) is 0 Å². The number of nitrogens with one attached hydrogen (secondary N) is 1. The van der Waals surface area contributed by atoms with Crippen molar-refractivity contribution >= 4 is 23.4 Å². The fourth-order valence-electron chi connectivity index (χ4n) is 4.34. The lowest BCUT2D eigenvalue weighted by atomic mass is 10.0. The molecule has 0 spiro atoms. The third-order valence-corrected chi connectivity index (χ3v) is 7.19. The third-order valence-electron chi connectivity index (χ3n) is 6.21. The highest BCUT2D eigenvalue weighted by Gasteiger charge is 2.29. The van der Waals surface area contributed by atoms with Crippen molar-refractivity contribution in [3.8, 4) is 34.0 Å². The van der Waals surface area contributed by atoms with Crippen molar-refractivity contribution in [3.05, 3.63) is 78.4 Å². The smallest absolute Gasteiger partial charge is 0.240 e. The number of hydrogen-bond donors (Lipinski definition) is 1. The van der Waals surface area contributed by atoms with E-state index in [2.05, 4.69) is 11.1 Å². The predicted molar refractivity (Wildman–Crippen MR) is 140 cm³/mol. The lowest BCUT2D eigenvalue weighted by Crippen LogP contribution is -2.35. The number of aromatic nitrogens is 2. The Hall–Kier alpha value is -3.71.